The second-order valence-electron chi connectivity index (χ2n) is 4.71. The minimum Gasteiger partial charge on any atom is -0.493 e. The van der Waals surface area contributed by atoms with Crippen molar-refractivity contribution in [1.82, 2.24) is 5.32 Å². The molecule has 0 amide bonds. The molecule has 116 valence electrons. The smallest absolute Gasteiger partial charge is 0.203 e. The Hall–Kier alpha value is -1.79. The molecule has 1 atom stereocenters. The van der Waals surface area contributed by atoms with Crippen LogP contribution in [-0.2, 0) is 4.74 Å². The maximum atomic E-state index is 11.0. The van der Waals surface area contributed by atoms with Gasteiger partial charge in [0.05, 0.1) is 33.5 Å². The summed E-state index contributed by atoms with van der Waals surface area (Å²) < 4.78 is 21.9. The zero-order chi connectivity index (χ0) is 15.1. The number of hydrogen-bond donors (Lipinski definition) is 1. The number of hydrogen-bond acceptors (Lipinski definition) is 6. The van der Waals surface area contributed by atoms with Gasteiger partial charge in [-0.2, -0.15) is 0 Å². The summed E-state index contributed by atoms with van der Waals surface area (Å²) in [4.78, 5) is 11.0. The van der Waals surface area contributed by atoms with Crippen molar-refractivity contribution in [2.24, 2.45) is 0 Å². The van der Waals surface area contributed by atoms with Gasteiger partial charge in [-0.15, -0.1) is 0 Å². The molecule has 0 spiro atoms. The van der Waals surface area contributed by atoms with Gasteiger partial charge in [-0.25, -0.2) is 0 Å². The lowest BCUT2D eigenvalue weighted by Crippen LogP contribution is -2.39. The molecule has 0 aliphatic carbocycles. The van der Waals surface area contributed by atoms with Crippen molar-refractivity contribution in [3.63, 3.8) is 0 Å². The van der Waals surface area contributed by atoms with Gasteiger partial charge in [-0.3, -0.25) is 4.79 Å². The second-order valence-corrected chi connectivity index (χ2v) is 4.71. The van der Waals surface area contributed by atoms with E-state index in [0.29, 0.717) is 29.4 Å². The van der Waals surface area contributed by atoms with Crippen molar-refractivity contribution < 1.29 is 23.7 Å². The third-order valence-corrected chi connectivity index (χ3v) is 3.31. The van der Waals surface area contributed by atoms with E-state index in [1.807, 2.05) is 0 Å². The lowest BCUT2D eigenvalue weighted by Gasteiger charge is -2.23. The fraction of sp³-hybridized carbons (Fsp3) is 0.533. The van der Waals surface area contributed by atoms with Gasteiger partial charge in [0.1, 0.15) is 6.29 Å². The number of methoxy groups -OCH3 is 2. The SMILES string of the molecule is COc1cc(C=O)cc(OCCC2CNCCO2)c1OC. The number of benzene rings is 1. The Morgan fingerprint density at radius 3 is 2.76 bits per heavy atom. The lowest BCUT2D eigenvalue weighted by molar-refractivity contribution is 0.0157. The van der Waals surface area contributed by atoms with Gasteiger partial charge >= 0.3 is 0 Å². The van der Waals surface area contributed by atoms with Crippen molar-refractivity contribution in [2.75, 3.05) is 40.5 Å². The molecule has 21 heavy (non-hydrogen) atoms. The summed E-state index contributed by atoms with van der Waals surface area (Å²) in [5.74, 6) is 1.47. The molecule has 0 bridgehead atoms. The van der Waals surface area contributed by atoms with Gasteiger partial charge in [-0.1, -0.05) is 0 Å². The van der Waals surface area contributed by atoms with Gasteiger partial charge in [0.15, 0.2) is 11.5 Å². The number of carbonyl (C=O) groups is 1. The van der Waals surface area contributed by atoms with Crippen LogP contribution < -0.4 is 19.5 Å². The highest BCUT2D eigenvalue weighted by molar-refractivity contribution is 5.78. The van der Waals surface area contributed by atoms with E-state index < -0.39 is 0 Å². The Bertz CT molecular complexity index is 471. The van der Waals surface area contributed by atoms with E-state index in [0.717, 1.165) is 32.4 Å². The Labute approximate surface area is 124 Å². The zero-order valence-electron chi connectivity index (χ0n) is 12.4. The maximum absolute atomic E-state index is 11.0. The minimum absolute atomic E-state index is 0.154. The summed E-state index contributed by atoms with van der Waals surface area (Å²) in [5, 5.41) is 3.27. The number of ether oxygens (including phenoxy) is 4. The summed E-state index contributed by atoms with van der Waals surface area (Å²) in [7, 11) is 3.07. The largest absolute Gasteiger partial charge is 0.493 e. The fourth-order valence-electron chi connectivity index (χ4n) is 2.23. The van der Waals surface area contributed by atoms with Crippen LogP contribution in [0.25, 0.3) is 0 Å². The minimum atomic E-state index is 0.154. The van der Waals surface area contributed by atoms with Crippen LogP contribution in [-0.4, -0.2) is 52.9 Å². The van der Waals surface area contributed by atoms with Crippen LogP contribution in [0.3, 0.4) is 0 Å². The van der Waals surface area contributed by atoms with Crippen LogP contribution in [0, 0.1) is 0 Å². The molecule has 6 heteroatoms. The van der Waals surface area contributed by atoms with E-state index in [1.165, 1.54) is 7.11 Å². The Balaban J connectivity index is 2.01. The first-order valence-electron chi connectivity index (χ1n) is 6.94. The fourth-order valence-corrected chi connectivity index (χ4v) is 2.23. The number of aldehydes is 1. The monoisotopic (exact) mass is 295 g/mol. The molecule has 1 aromatic carbocycles. The van der Waals surface area contributed by atoms with Gasteiger partial charge in [0, 0.05) is 25.1 Å². The third-order valence-electron chi connectivity index (χ3n) is 3.31. The van der Waals surface area contributed by atoms with E-state index in [4.69, 9.17) is 18.9 Å². The summed E-state index contributed by atoms with van der Waals surface area (Å²) in [6.07, 6.45) is 1.67. The molecule has 1 saturated heterocycles. The van der Waals surface area contributed by atoms with Crippen LogP contribution in [0.5, 0.6) is 17.2 Å². The molecule has 0 radical (unpaired) electrons. The molecule has 6 nitrogen and oxygen atoms in total. The van der Waals surface area contributed by atoms with Crippen molar-refractivity contribution in [3.8, 4) is 17.2 Å². The van der Waals surface area contributed by atoms with Gasteiger partial charge < -0.3 is 24.3 Å². The predicted molar refractivity (Wildman–Crippen MR) is 77.7 cm³/mol. The molecule has 1 aliphatic heterocycles. The molecular weight excluding hydrogens is 274 g/mol. The average Bonchev–Trinajstić information content (AvgIpc) is 2.54. The third kappa shape index (κ3) is 4.09. The Kier molecular flexibility index (Phi) is 5.83. The highest BCUT2D eigenvalue weighted by Gasteiger charge is 2.16. The molecule has 1 fully saturated rings. The second kappa shape index (κ2) is 7.85. The molecule has 1 unspecified atom stereocenters. The first kappa shape index (κ1) is 15.6. The quantitative estimate of drug-likeness (QED) is 0.764. The molecule has 2 rings (SSSR count). The van der Waals surface area contributed by atoms with Crippen LogP contribution >= 0.6 is 0 Å². The molecular formula is C15H21NO5. The van der Waals surface area contributed by atoms with Crippen LogP contribution in [0.4, 0.5) is 0 Å². The topological polar surface area (TPSA) is 66.0 Å². The van der Waals surface area contributed by atoms with Crippen molar-refractivity contribution in [1.29, 1.82) is 0 Å². The summed E-state index contributed by atoms with van der Waals surface area (Å²) in [6.45, 7) is 2.93. The lowest BCUT2D eigenvalue weighted by atomic mass is 10.2. The van der Waals surface area contributed by atoms with E-state index in [1.54, 1.807) is 19.2 Å². The zero-order valence-corrected chi connectivity index (χ0v) is 12.4. The Morgan fingerprint density at radius 1 is 1.33 bits per heavy atom. The van der Waals surface area contributed by atoms with E-state index in [2.05, 4.69) is 5.32 Å². The summed E-state index contributed by atoms with van der Waals surface area (Å²) in [6, 6.07) is 3.27. The van der Waals surface area contributed by atoms with Crippen LogP contribution in [0.1, 0.15) is 16.8 Å². The van der Waals surface area contributed by atoms with Gasteiger partial charge in [0.2, 0.25) is 5.75 Å². The van der Waals surface area contributed by atoms with Crippen molar-refractivity contribution in [3.05, 3.63) is 17.7 Å². The maximum Gasteiger partial charge on any atom is 0.203 e. The number of nitrogens with one attached hydrogen (secondary N) is 1. The van der Waals surface area contributed by atoms with Gasteiger partial charge in [-0.05, 0) is 12.1 Å². The highest BCUT2D eigenvalue weighted by atomic mass is 16.5. The summed E-state index contributed by atoms with van der Waals surface area (Å²) in [5.41, 5.74) is 0.484. The average molecular weight is 295 g/mol. The molecule has 1 N–H and O–H groups in total. The highest BCUT2D eigenvalue weighted by Crippen LogP contribution is 2.38. The van der Waals surface area contributed by atoms with E-state index in [-0.39, 0.29) is 6.10 Å². The molecule has 0 aromatic heterocycles. The van der Waals surface area contributed by atoms with Crippen molar-refractivity contribution >= 4 is 6.29 Å². The number of rotatable bonds is 7. The van der Waals surface area contributed by atoms with Crippen molar-refractivity contribution in [2.45, 2.75) is 12.5 Å². The molecule has 1 aliphatic rings. The first-order chi connectivity index (χ1) is 10.3. The van der Waals surface area contributed by atoms with Crippen LogP contribution in [0.2, 0.25) is 0 Å². The predicted octanol–water partition coefficient (Wildman–Crippen LogP) is 1.27. The standard InChI is InChI=1S/C15H21NO5/c1-18-13-7-11(10-17)8-14(15(13)19-2)21-5-3-12-9-16-4-6-20-12/h7-8,10,12,16H,3-6,9H2,1-2H3. The molecule has 1 aromatic rings. The van der Waals surface area contributed by atoms with E-state index in [9.17, 15) is 4.79 Å². The van der Waals surface area contributed by atoms with Crippen LogP contribution in [0.15, 0.2) is 12.1 Å². The Morgan fingerprint density at radius 2 is 2.14 bits per heavy atom. The number of carbonyl (C=O) groups excluding carboxylic acids is 1. The van der Waals surface area contributed by atoms with Gasteiger partial charge in [0.25, 0.3) is 0 Å². The first-order valence-corrected chi connectivity index (χ1v) is 6.94. The van der Waals surface area contributed by atoms with E-state index >= 15 is 0 Å². The normalized spacial score (nSPS) is 18.1. The number of morpholine rings is 1. The summed E-state index contributed by atoms with van der Waals surface area (Å²) >= 11 is 0. The molecule has 0 saturated carbocycles. The molecule has 1 heterocycles.